The van der Waals surface area contributed by atoms with E-state index in [0.29, 0.717) is 12.4 Å². The Morgan fingerprint density at radius 3 is 2.56 bits per heavy atom. The summed E-state index contributed by atoms with van der Waals surface area (Å²) >= 11 is 0. The highest BCUT2D eigenvalue weighted by molar-refractivity contribution is 5.85. The third-order valence-electron chi connectivity index (χ3n) is 2.78. The van der Waals surface area contributed by atoms with Gasteiger partial charge in [-0.3, -0.25) is 4.79 Å². The van der Waals surface area contributed by atoms with E-state index in [9.17, 15) is 4.79 Å². The number of rotatable bonds is 2. The normalized spacial score (nSPS) is 11.8. The summed E-state index contributed by atoms with van der Waals surface area (Å²) in [5, 5.41) is 0.976. The molecule has 0 bridgehead atoms. The smallest absolute Gasteiger partial charge is 0.254 e. The predicted molar refractivity (Wildman–Crippen MR) is 74.1 cm³/mol. The zero-order valence-corrected chi connectivity index (χ0v) is 11.4. The minimum atomic E-state index is -0.0439. The summed E-state index contributed by atoms with van der Waals surface area (Å²) in [7, 11) is 1.78. The van der Waals surface area contributed by atoms with Crippen molar-refractivity contribution in [3.05, 3.63) is 40.7 Å². The maximum Gasteiger partial charge on any atom is 0.254 e. The largest absolute Gasteiger partial charge is 0.492 e. The first-order chi connectivity index (χ1) is 8.38. The molecule has 0 atom stereocenters. The summed E-state index contributed by atoms with van der Waals surface area (Å²) in [6.07, 6.45) is 0. The van der Waals surface area contributed by atoms with Crippen LogP contribution >= 0.6 is 0 Å². The second-order valence-corrected chi connectivity index (χ2v) is 5.77. The van der Waals surface area contributed by atoms with E-state index in [0.717, 1.165) is 10.9 Å². The number of para-hydroxylation sites is 1. The molecule has 3 heteroatoms. The molecule has 3 nitrogen and oxygen atoms in total. The number of aryl methyl sites for hydroxylation is 1. The van der Waals surface area contributed by atoms with Gasteiger partial charge in [0.2, 0.25) is 0 Å². The monoisotopic (exact) mass is 245 g/mol. The topological polar surface area (TPSA) is 31.2 Å². The quantitative estimate of drug-likeness (QED) is 0.814. The number of fused-ring (bicyclic) bond motifs is 1. The molecule has 0 saturated carbocycles. The summed E-state index contributed by atoms with van der Waals surface area (Å²) in [6, 6.07) is 9.35. The molecule has 0 radical (unpaired) electrons. The van der Waals surface area contributed by atoms with Crippen molar-refractivity contribution in [1.29, 1.82) is 0 Å². The molecule has 0 aliphatic carbocycles. The van der Waals surface area contributed by atoms with Gasteiger partial charge in [-0.15, -0.1) is 0 Å². The molecule has 0 aliphatic rings. The van der Waals surface area contributed by atoms with Gasteiger partial charge in [-0.1, -0.05) is 32.9 Å². The number of hydrogen-bond donors (Lipinski definition) is 0. The van der Waals surface area contributed by atoms with E-state index in [1.807, 2.05) is 24.3 Å². The van der Waals surface area contributed by atoms with Gasteiger partial charge in [0.25, 0.3) is 5.56 Å². The van der Waals surface area contributed by atoms with Crippen LogP contribution in [0.1, 0.15) is 20.8 Å². The van der Waals surface area contributed by atoms with Gasteiger partial charge in [0.05, 0.1) is 12.1 Å². The molecule has 0 N–H and O–H groups in total. The maximum atomic E-state index is 11.9. The van der Waals surface area contributed by atoms with Gasteiger partial charge in [0.15, 0.2) is 0 Å². The summed E-state index contributed by atoms with van der Waals surface area (Å²) in [5.41, 5.74) is 0.925. The van der Waals surface area contributed by atoms with Crippen LogP contribution in [0.2, 0.25) is 0 Å². The zero-order chi connectivity index (χ0) is 13.3. The van der Waals surface area contributed by atoms with Crippen molar-refractivity contribution >= 4 is 10.9 Å². The summed E-state index contributed by atoms with van der Waals surface area (Å²) < 4.78 is 7.44. The predicted octanol–water partition coefficient (Wildman–Crippen LogP) is 2.96. The van der Waals surface area contributed by atoms with E-state index in [1.165, 1.54) is 0 Å². The lowest BCUT2D eigenvalue weighted by Crippen LogP contribution is -2.20. The Morgan fingerprint density at radius 2 is 1.89 bits per heavy atom. The first kappa shape index (κ1) is 12.7. The molecule has 0 unspecified atom stereocenters. The Kier molecular flexibility index (Phi) is 3.16. The molecule has 2 rings (SSSR count). The summed E-state index contributed by atoms with van der Waals surface area (Å²) in [5.74, 6) is 0.670. The highest BCUT2D eigenvalue weighted by Crippen LogP contribution is 2.25. The molecule has 0 amide bonds. The third kappa shape index (κ3) is 2.55. The van der Waals surface area contributed by atoms with E-state index in [-0.39, 0.29) is 11.0 Å². The number of aromatic nitrogens is 1. The van der Waals surface area contributed by atoms with Crippen molar-refractivity contribution in [2.45, 2.75) is 20.8 Å². The summed E-state index contributed by atoms with van der Waals surface area (Å²) in [4.78, 5) is 11.9. The van der Waals surface area contributed by atoms with Gasteiger partial charge in [-0.2, -0.15) is 0 Å². The van der Waals surface area contributed by atoms with Crippen LogP contribution < -0.4 is 10.3 Å². The van der Waals surface area contributed by atoms with Gasteiger partial charge in [-0.05, 0) is 17.5 Å². The van der Waals surface area contributed by atoms with Crippen LogP contribution in [0, 0.1) is 5.41 Å². The van der Waals surface area contributed by atoms with E-state index in [4.69, 9.17) is 4.74 Å². The van der Waals surface area contributed by atoms with Gasteiger partial charge in [0, 0.05) is 18.5 Å². The molecule has 0 saturated heterocycles. The van der Waals surface area contributed by atoms with Gasteiger partial charge in [-0.25, -0.2) is 0 Å². The van der Waals surface area contributed by atoms with Crippen molar-refractivity contribution in [2.24, 2.45) is 12.5 Å². The molecular formula is C15H19NO2. The second-order valence-electron chi connectivity index (χ2n) is 5.77. The van der Waals surface area contributed by atoms with Crippen molar-refractivity contribution in [3.63, 3.8) is 0 Å². The zero-order valence-electron chi connectivity index (χ0n) is 11.4. The Morgan fingerprint density at radius 1 is 1.22 bits per heavy atom. The van der Waals surface area contributed by atoms with Crippen LogP contribution in [0.15, 0.2) is 35.1 Å². The number of pyridine rings is 1. The molecule has 0 spiro atoms. The van der Waals surface area contributed by atoms with E-state index < -0.39 is 0 Å². The maximum absolute atomic E-state index is 11.9. The van der Waals surface area contributed by atoms with Crippen molar-refractivity contribution in [3.8, 4) is 5.75 Å². The van der Waals surface area contributed by atoms with E-state index >= 15 is 0 Å². The highest BCUT2D eigenvalue weighted by atomic mass is 16.5. The fourth-order valence-electron chi connectivity index (χ4n) is 1.79. The van der Waals surface area contributed by atoms with Gasteiger partial charge >= 0.3 is 0 Å². The molecule has 96 valence electrons. The summed E-state index contributed by atoms with van der Waals surface area (Å²) in [6.45, 7) is 6.91. The fraction of sp³-hybridized carbons (Fsp3) is 0.400. The van der Waals surface area contributed by atoms with E-state index in [2.05, 4.69) is 20.8 Å². The Bertz CT molecular complexity index is 620. The lowest BCUT2D eigenvalue weighted by atomic mass is 9.99. The molecule has 2 aromatic rings. The van der Waals surface area contributed by atoms with Crippen molar-refractivity contribution in [1.82, 2.24) is 4.57 Å². The minimum absolute atomic E-state index is 0.0439. The Labute approximate surface area is 107 Å². The van der Waals surface area contributed by atoms with Crippen LogP contribution in [0.4, 0.5) is 0 Å². The van der Waals surface area contributed by atoms with Crippen LogP contribution in [0.5, 0.6) is 5.75 Å². The molecule has 1 aromatic carbocycles. The van der Waals surface area contributed by atoms with Crippen LogP contribution in [0.3, 0.4) is 0 Å². The fourth-order valence-corrected chi connectivity index (χ4v) is 1.79. The lowest BCUT2D eigenvalue weighted by molar-refractivity contribution is 0.199. The molecule has 0 aliphatic heterocycles. The molecule has 1 heterocycles. The molecule has 1 aromatic heterocycles. The van der Waals surface area contributed by atoms with Crippen molar-refractivity contribution < 1.29 is 4.74 Å². The molecule has 18 heavy (non-hydrogen) atoms. The number of hydrogen-bond acceptors (Lipinski definition) is 2. The molecular weight excluding hydrogens is 226 g/mol. The van der Waals surface area contributed by atoms with Crippen molar-refractivity contribution in [2.75, 3.05) is 6.61 Å². The lowest BCUT2D eigenvalue weighted by Gasteiger charge is -2.20. The Hall–Kier alpha value is -1.77. The Balaban J connectivity index is 2.51. The molecule has 0 fully saturated rings. The third-order valence-corrected chi connectivity index (χ3v) is 2.78. The van der Waals surface area contributed by atoms with Crippen LogP contribution in [-0.2, 0) is 7.05 Å². The van der Waals surface area contributed by atoms with Gasteiger partial charge < -0.3 is 9.30 Å². The van der Waals surface area contributed by atoms with Crippen LogP contribution in [-0.4, -0.2) is 11.2 Å². The second kappa shape index (κ2) is 4.48. The average molecular weight is 245 g/mol. The first-order valence-electron chi connectivity index (χ1n) is 6.10. The SMILES string of the molecule is Cn1c(=O)cc(OCC(C)(C)C)c2ccccc21. The highest BCUT2D eigenvalue weighted by Gasteiger charge is 2.13. The number of nitrogens with zero attached hydrogens (tertiary/aromatic N) is 1. The first-order valence-corrected chi connectivity index (χ1v) is 6.10. The van der Waals surface area contributed by atoms with Gasteiger partial charge in [0.1, 0.15) is 5.75 Å². The number of ether oxygens (including phenoxy) is 1. The number of benzene rings is 1. The van der Waals surface area contributed by atoms with E-state index in [1.54, 1.807) is 17.7 Å². The average Bonchev–Trinajstić information content (AvgIpc) is 2.31. The standard InChI is InChI=1S/C15H19NO2/c1-15(2,3)10-18-13-9-14(17)16(4)12-8-6-5-7-11(12)13/h5-9H,10H2,1-4H3. The minimum Gasteiger partial charge on any atom is -0.492 e. The van der Waals surface area contributed by atoms with Crippen LogP contribution in [0.25, 0.3) is 10.9 Å².